The molecule has 3 heterocycles. The highest BCUT2D eigenvalue weighted by Gasteiger charge is 2.33. The highest BCUT2D eigenvalue weighted by Crippen LogP contribution is 2.41. The van der Waals surface area contributed by atoms with Gasteiger partial charge >= 0.3 is 0 Å². The number of benzene rings is 1. The summed E-state index contributed by atoms with van der Waals surface area (Å²) in [5, 5.41) is 17.2. The third kappa shape index (κ3) is 4.81. The standard InChI is InChI=1S/C21H26ClN5O4S2/c1-12(2)17(16-9-6-13(3)31-16)24-21-20(25-32-26-21)23-15-8-7-14(22)19(18(15)28)33(29,30)27-10-4-5-11-27/h6-9,12,17,28H,4-5,10-11H2,1-3H3,(H,23,25)(H,24,26)/t17-/m1/s1. The lowest BCUT2D eigenvalue weighted by Gasteiger charge is -2.21. The summed E-state index contributed by atoms with van der Waals surface area (Å²) in [5.74, 6) is 2.14. The van der Waals surface area contributed by atoms with Gasteiger partial charge in [-0.3, -0.25) is 0 Å². The van der Waals surface area contributed by atoms with Gasteiger partial charge in [-0.15, -0.1) is 0 Å². The van der Waals surface area contributed by atoms with Gasteiger partial charge in [0, 0.05) is 13.1 Å². The Morgan fingerprint density at radius 2 is 1.85 bits per heavy atom. The normalized spacial score (nSPS) is 15.8. The van der Waals surface area contributed by atoms with Crippen molar-refractivity contribution in [1.82, 2.24) is 13.1 Å². The summed E-state index contributed by atoms with van der Waals surface area (Å²) in [5.41, 5.74) is 0.169. The first kappa shape index (κ1) is 23.8. The van der Waals surface area contributed by atoms with Crippen molar-refractivity contribution in [1.29, 1.82) is 0 Å². The Labute approximate surface area is 202 Å². The molecule has 4 rings (SSSR count). The number of aryl methyl sites for hydroxylation is 1. The number of furan rings is 1. The van der Waals surface area contributed by atoms with E-state index in [1.54, 1.807) is 0 Å². The molecule has 1 saturated heterocycles. The number of halogens is 1. The maximum absolute atomic E-state index is 13.1. The smallest absolute Gasteiger partial charge is 0.248 e. The number of nitrogens with one attached hydrogen (secondary N) is 2. The summed E-state index contributed by atoms with van der Waals surface area (Å²) in [4.78, 5) is -0.306. The van der Waals surface area contributed by atoms with Gasteiger partial charge in [0.15, 0.2) is 17.4 Å². The molecule has 9 nitrogen and oxygen atoms in total. The summed E-state index contributed by atoms with van der Waals surface area (Å²) in [6, 6.07) is 6.62. The van der Waals surface area contributed by atoms with E-state index < -0.39 is 15.8 Å². The quantitative estimate of drug-likeness (QED) is 0.356. The van der Waals surface area contributed by atoms with Crippen molar-refractivity contribution >= 4 is 50.7 Å². The lowest BCUT2D eigenvalue weighted by Crippen LogP contribution is -2.28. The van der Waals surface area contributed by atoms with Crippen LogP contribution in [0.2, 0.25) is 5.02 Å². The van der Waals surface area contributed by atoms with Gasteiger partial charge < -0.3 is 20.2 Å². The second-order valence-electron chi connectivity index (χ2n) is 8.28. The molecule has 33 heavy (non-hydrogen) atoms. The molecule has 0 amide bonds. The van der Waals surface area contributed by atoms with Gasteiger partial charge in [0.1, 0.15) is 16.4 Å². The van der Waals surface area contributed by atoms with Crippen molar-refractivity contribution < 1.29 is 17.9 Å². The number of aromatic nitrogens is 2. The molecule has 1 fully saturated rings. The van der Waals surface area contributed by atoms with E-state index in [-0.39, 0.29) is 27.6 Å². The van der Waals surface area contributed by atoms with Gasteiger partial charge in [-0.25, -0.2) is 8.42 Å². The fourth-order valence-electron chi connectivity index (χ4n) is 3.78. The number of hydrogen-bond acceptors (Lipinski definition) is 9. The van der Waals surface area contributed by atoms with E-state index in [4.69, 9.17) is 16.0 Å². The van der Waals surface area contributed by atoms with Gasteiger partial charge in [-0.05, 0) is 49.9 Å². The number of phenols is 1. The van der Waals surface area contributed by atoms with E-state index in [0.717, 1.165) is 36.1 Å². The van der Waals surface area contributed by atoms with Crippen LogP contribution in [0.15, 0.2) is 33.6 Å². The number of nitrogens with zero attached hydrogens (tertiary/aromatic N) is 3. The monoisotopic (exact) mass is 511 g/mol. The van der Waals surface area contributed by atoms with E-state index >= 15 is 0 Å². The lowest BCUT2D eigenvalue weighted by molar-refractivity contribution is 0.408. The molecule has 1 atom stereocenters. The Bertz CT molecular complexity index is 1240. The van der Waals surface area contributed by atoms with Crippen molar-refractivity contribution in [2.24, 2.45) is 5.92 Å². The molecule has 3 aromatic rings. The molecule has 1 aliphatic heterocycles. The maximum atomic E-state index is 13.1. The summed E-state index contributed by atoms with van der Waals surface area (Å²) in [6.45, 7) is 6.81. The Kier molecular flexibility index (Phi) is 6.85. The van der Waals surface area contributed by atoms with E-state index in [0.29, 0.717) is 24.7 Å². The zero-order valence-corrected chi connectivity index (χ0v) is 20.9. The van der Waals surface area contributed by atoms with Crippen molar-refractivity contribution in [3.05, 3.63) is 40.8 Å². The van der Waals surface area contributed by atoms with Crippen molar-refractivity contribution in [2.75, 3.05) is 23.7 Å². The predicted octanol–water partition coefficient (Wildman–Crippen LogP) is 5.14. The van der Waals surface area contributed by atoms with Crippen LogP contribution in [-0.4, -0.2) is 39.7 Å². The number of hydrogen-bond donors (Lipinski definition) is 3. The first-order valence-corrected chi connectivity index (χ1v) is 13.2. The first-order chi connectivity index (χ1) is 15.7. The molecule has 1 aromatic carbocycles. The molecular weight excluding hydrogens is 486 g/mol. The summed E-state index contributed by atoms with van der Waals surface area (Å²) in [7, 11) is -3.93. The van der Waals surface area contributed by atoms with Gasteiger partial charge in [-0.2, -0.15) is 13.1 Å². The number of phenolic OH excluding ortho intramolecular Hbond substituents is 1. The van der Waals surface area contributed by atoms with Gasteiger partial charge in [0.2, 0.25) is 10.0 Å². The minimum atomic E-state index is -3.93. The molecule has 0 unspecified atom stereocenters. The van der Waals surface area contributed by atoms with Crippen LogP contribution < -0.4 is 10.6 Å². The fourth-order valence-corrected chi connectivity index (χ4v) is 6.36. The zero-order valence-electron chi connectivity index (χ0n) is 18.5. The third-order valence-electron chi connectivity index (χ3n) is 5.51. The number of anilines is 3. The van der Waals surface area contributed by atoms with Crippen LogP contribution in [0.25, 0.3) is 0 Å². The fraction of sp³-hybridized carbons (Fsp3) is 0.429. The highest BCUT2D eigenvalue weighted by molar-refractivity contribution is 7.89. The van der Waals surface area contributed by atoms with Crippen LogP contribution in [-0.2, 0) is 10.0 Å². The summed E-state index contributed by atoms with van der Waals surface area (Å²) < 4.78 is 41.9. The van der Waals surface area contributed by atoms with E-state index in [1.807, 2.05) is 19.1 Å². The SMILES string of the molecule is Cc1ccc([C@H](Nc2nsnc2Nc2ccc(Cl)c(S(=O)(=O)N3CCCC3)c2O)C(C)C)o1. The Hall–Kier alpha value is -2.34. The molecule has 0 saturated carbocycles. The highest BCUT2D eigenvalue weighted by atomic mass is 35.5. The lowest BCUT2D eigenvalue weighted by atomic mass is 10.0. The van der Waals surface area contributed by atoms with E-state index in [2.05, 4.69) is 33.2 Å². The molecule has 12 heteroatoms. The maximum Gasteiger partial charge on any atom is 0.248 e. The number of sulfonamides is 1. The largest absolute Gasteiger partial charge is 0.504 e. The topological polar surface area (TPSA) is 121 Å². The number of aromatic hydroxyl groups is 1. The van der Waals surface area contributed by atoms with Crippen LogP contribution in [0.3, 0.4) is 0 Å². The molecule has 2 aromatic heterocycles. The molecule has 0 aliphatic carbocycles. The van der Waals surface area contributed by atoms with Crippen LogP contribution in [0.5, 0.6) is 5.75 Å². The van der Waals surface area contributed by atoms with Crippen LogP contribution in [0.1, 0.15) is 44.3 Å². The third-order valence-corrected chi connectivity index (χ3v) is 8.44. The summed E-state index contributed by atoms with van der Waals surface area (Å²) >= 11 is 7.20. The van der Waals surface area contributed by atoms with Gasteiger partial charge in [0.25, 0.3) is 0 Å². The first-order valence-electron chi connectivity index (χ1n) is 10.6. The van der Waals surface area contributed by atoms with Crippen molar-refractivity contribution in [3.63, 3.8) is 0 Å². The van der Waals surface area contributed by atoms with Crippen molar-refractivity contribution in [3.8, 4) is 5.75 Å². The second-order valence-corrected chi connectivity index (χ2v) is 11.1. The number of rotatable bonds is 8. The summed E-state index contributed by atoms with van der Waals surface area (Å²) in [6.07, 6.45) is 1.56. The molecule has 1 aliphatic rings. The van der Waals surface area contributed by atoms with Crippen molar-refractivity contribution in [2.45, 2.75) is 44.6 Å². The molecular formula is C21H26ClN5O4S2. The van der Waals surface area contributed by atoms with Crippen LogP contribution in [0.4, 0.5) is 17.3 Å². The molecule has 3 N–H and O–H groups in total. The Morgan fingerprint density at radius 3 is 2.48 bits per heavy atom. The Balaban J connectivity index is 1.63. The van der Waals surface area contributed by atoms with Crippen LogP contribution in [0, 0.1) is 12.8 Å². The molecule has 0 bridgehead atoms. The van der Waals surface area contributed by atoms with Gasteiger partial charge in [-0.1, -0.05) is 25.4 Å². The van der Waals surface area contributed by atoms with Gasteiger partial charge in [0.05, 0.1) is 28.5 Å². The van der Waals surface area contributed by atoms with E-state index in [1.165, 1.54) is 16.4 Å². The minimum Gasteiger partial charge on any atom is -0.504 e. The zero-order chi connectivity index (χ0) is 23.8. The average Bonchev–Trinajstić information content (AvgIpc) is 3.50. The molecule has 178 valence electrons. The predicted molar refractivity (Wildman–Crippen MR) is 129 cm³/mol. The molecule has 0 radical (unpaired) electrons. The second kappa shape index (κ2) is 9.49. The Morgan fingerprint density at radius 1 is 1.15 bits per heavy atom. The average molecular weight is 512 g/mol. The van der Waals surface area contributed by atoms with Crippen LogP contribution >= 0.6 is 23.3 Å². The minimum absolute atomic E-state index is 0.0345. The van der Waals surface area contributed by atoms with E-state index in [9.17, 15) is 13.5 Å². The molecule has 0 spiro atoms.